The van der Waals surface area contributed by atoms with Crippen molar-refractivity contribution in [3.05, 3.63) is 81.7 Å². The van der Waals surface area contributed by atoms with E-state index in [1.54, 1.807) is 0 Å². The smallest absolute Gasteiger partial charge is 0.272 e. The van der Waals surface area contributed by atoms with Crippen LogP contribution in [0.2, 0.25) is 0 Å². The van der Waals surface area contributed by atoms with Crippen molar-refractivity contribution < 1.29 is 4.79 Å². The lowest BCUT2D eigenvalue weighted by Gasteiger charge is -2.08. The molecule has 5 nitrogen and oxygen atoms in total. The van der Waals surface area contributed by atoms with E-state index in [9.17, 15) is 9.59 Å². The van der Waals surface area contributed by atoms with Crippen LogP contribution >= 0.6 is 23.1 Å². The highest BCUT2D eigenvalue weighted by atomic mass is 32.2. The highest BCUT2D eigenvalue weighted by molar-refractivity contribution is 8.00. The Labute approximate surface area is 176 Å². The van der Waals surface area contributed by atoms with Crippen molar-refractivity contribution in [2.45, 2.75) is 18.7 Å². The Balaban J connectivity index is 1.60. The largest absolute Gasteiger partial charge is 0.281 e. The van der Waals surface area contributed by atoms with Crippen molar-refractivity contribution >= 4 is 39.2 Å². The molecular weight excluding hydrogens is 402 g/mol. The maximum Gasteiger partial charge on any atom is 0.281 e. The van der Waals surface area contributed by atoms with Gasteiger partial charge in [0.2, 0.25) is 5.91 Å². The Kier molecular flexibility index (Phi) is 5.51. The minimum Gasteiger partial charge on any atom is -0.272 e. The maximum absolute atomic E-state index is 13.1. The normalized spacial score (nSPS) is 11.0. The van der Waals surface area contributed by atoms with Gasteiger partial charge in [-0.1, -0.05) is 48.0 Å². The molecule has 0 aliphatic heterocycles. The zero-order valence-corrected chi connectivity index (χ0v) is 17.6. The van der Waals surface area contributed by atoms with Crippen LogP contribution in [-0.4, -0.2) is 21.3 Å². The van der Waals surface area contributed by atoms with Crippen molar-refractivity contribution in [2.75, 3.05) is 11.2 Å². The molecule has 2 heterocycles. The number of hydrogen-bond donors (Lipinski definition) is 1. The Morgan fingerprint density at radius 3 is 2.55 bits per heavy atom. The van der Waals surface area contributed by atoms with Gasteiger partial charge in [0.15, 0.2) is 0 Å². The van der Waals surface area contributed by atoms with Crippen LogP contribution < -0.4 is 11.0 Å². The molecule has 146 valence electrons. The summed E-state index contributed by atoms with van der Waals surface area (Å²) in [6, 6.07) is 17.7. The molecule has 0 aliphatic carbocycles. The van der Waals surface area contributed by atoms with Gasteiger partial charge >= 0.3 is 0 Å². The molecule has 0 saturated carbocycles. The molecule has 7 heteroatoms. The minimum absolute atomic E-state index is 0.210. The Morgan fingerprint density at radius 2 is 1.83 bits per heavy atom. The minimum atomic E-state index is -0.271. The fourth-order valence-corrected chi connectivity index (χ4v) is 4.78. The third-order valence-electron chi connectivity index (χ3n) is 4.49. The van der Waals surface area contributed by atoms with Crippen LogP contribution in [0, 0.1) is 13.8 Å². The lowest BCUT2D eigenvalue weighted by atomic mass is 10.0. The van der Waals surface area contributed by atoms with Gasteiger partial charge in [0.1, 0.15) is 11.2 Å². The first-order valence-corrected chi connectivity index (χ1v) is 10.9. The van der Waals surface area contributed by atoms with Gasteiger partial charge in [0.25, 0.3) is 5.56 Å². The van der Waals surface area contributed by atoms with Crippen LogP contribution in [0.3, 0.4) is 0 Å². The molecule has 0 aliphatic rings. The lowest BCUT2D eigenvalue weighted by molar-refractivity contribution is -0.114. The van der Waals surface area contributed by atoms with E-state index < -0.39 is 0 Å². The van der Waals surface area contributed by atoms with Crippen molar-refractivity contribution in [3.63, 3.8) is 0 Å². The quantitative estimate of drug-likeness (QED) is 0.478. The summed E-state index contributed by atoms with van der Waals surface area (Å²) >= 11 is 2.91. The van der Waals surface area contributed by atoms with Crippen molar-refractivity contribution in [1.29, 1.82) is 0 Å². The zero-order valence-electron chi connectivity index (χ0n) is 16.0. The number of carbonyl (C=O) groups excluding carboxylic acids is 1. The Bertz CT molecular complexity index is 1230. The predicted octanol–water partition coefficient (Wildman–Crippen LogP) is 4.60. The molecule has 1 N–H and O–H groups in total. The van der Waals surface area contributed by atoms with Gasteiger partial charge in [-0.25, -0.2) is 9.66 Å². The third kappa shape index (κ3) is 4.11. The summed E-state index contributed by atoms with van der Waals surface area (Å²) in [6.07, 6.45) is 1.38. The highest BCUT2D eigenvalue weighted by Crippen LogP contribution is 2.35. The van der Waals surface area contributed by atoms with Crippen LogP contribution in [0.25, 0.3) is 21.3 Å². The van der Waals surface area contributed by atoms with E-state index in [1.807, 2.05) is 68.4 Å². The first-order valence-electron chi connectivity index (χ1n) is 9.08. The number of thioether (sulfide) groups is 1. The molecule has 0 atom stereocenters. The molecule has 0 bridgehead atoms. The molecule has 0 saturated heterocycles. The maximum atomic E-state index is 13.1. The van der Waals surface area contributed by atoms with E-state index in [1.165, 1.54) is 39.7 Å². The van der Waals surface area contributed by atoms with E-state index >= 15 is 0 Å². The molecule has 1 amide bonds. The second kappa shape index (κ2) is 8.23. The second-order valence-corrected chi connectivity index (χ2v) is 8.89. The summed E-state index contributed by atoms with van der Waals surface area (Å²) in [7, 11) is 0. The number of nitrogens with one attached hydrogen (secondary N) is 1. The highest BCUT2D eigenvalue weighted by Gasteiger charge is 2.17. The summed E-state index contributed by atoms with van der Waals surface area (Å²) < 4.78 is 1.18. The average molecular weight is 422 g/mol. The van der Waals surface area contributed by atoms with E-state index in [0.717, 1.165) is 20.9 Å². The average Bonchev–Trinajstić information content (AvgIpc) is 3.07. The number of thiophene rings is 1. The van der Waals surface area contributed by atoms with Crippen molar-refractivity contribution in [1.82, 2.24) is 9.66 Å². The van der Waals surface area contributed by atoms with Gasteiger partial charge in [-0.05, 0) is 31.5 Å². The molecule has 0 fully saturated rings. The molecule has 4 rings (SSSR count). The van der Waals surface area contributed by atoms with Crippen LogP contribution in [0.4, 0.5) is 0 Å². The Hall–Kier alpha value is -2.90. The van der Waals surface area contributed by atoms with E-state index in [4.69, 9.17) is 0 Å². The van der Waals surface area contributed by atoms with Crippen LogP contribution in [0.5, 0.6) is 0 Å². The molecule has 2 aromatic carbocycles. The summed E-state index contributed by atoms with van der Waals surface area (Å²) in [5.41, 5.74) is 5.40. The van der Waals surface area contributed by atoms with Gasteiger partial charge in [-0.3, -0.25) is 15.0 Å². The van der Waals surface area contributed by atoms with Gasteiger partial charge in [-0.2, -0.15) is 0 Å². The van der Waals surface area contributed by atoms with Crippen molar-refractivity contribution in [2.24, 2.45) is 0 Å². The number of benzene rings is 2. The molecule has 4 aromatic rings. The fraction of sp³-hybridized carbons (Fsp3) is 0.136. The summed E-state index contributed by atoms with van der Waals surface area (Å²) in [5.74, 6) is -0.0473. The topological polar surface area (TPSA) is 64.0 Å². The summed E-state index contributed by atoms with van der Waals surface area (Å²) in [5, 5.41) is 0.535. The fourth-order valence-electron chi connectivity index (χ4n) is 3.08. The van der Waals surface area contributed by atoms with Crippen molar-refractivity contribution in [3.8, 4) is 11.1 Å². The summed E-state index contributed by atoms with van der Waals surface area (Å²) in [4.78, 5) is 32.6. The number of hydrogen-bond acceptors (Lipinski definition) is 5. The molecular formula is C22H19N3O2S2. The number of rotatable bonds is 5. The number of aromatic nitrogens is 2. The van der Waals surface area contributed by atoms with Gasteiger partial charge in [0, 0.05) is 15.3 Å². The zero-order chi connectivity index (χ0) is 20.4. The number of amides is 1. The number of nitrogens with zero attached hydrogens (tertiary/aromatic N) is 2. The molecule has 2 aromatic heterocycles. The van der Waals surface area contributed by atoms with Crippen LogP contribution in [0.1, 0.15) is 10.4 Å². The predicted molar refractivity (Wildman–Crippen MR) is 120 cm³/mol. The van der Waals surface area contributed by atoms with Crippen LogP contribution in [0.15, 0.2) is 70.6 Å². The standard InChI is InChI=1S/C22H19N3O2S2/c1-14-8-10-17(11-9-14)28-12-18(26)24-25-13-23-21-20(22(25)27)19(15(2)29-21)16-6-4-3-5-7-16/h3-11,13H,12H2,1-2H3,(H,24,26). The number of aryl methyl sites for hydroxylation is 2. The molecule has 29 heavy (non-hydrogen) atoms. The number of carbonyl (C=O) groups is 1. The summed E-state index contributed by atoms with van der Waals surface area (Å²) in [6.45, 7) is 4.00. The van der Waals surface area contributed by atoms with Gasteiger partial charge in [-0.15, -0.1) is 23.1 Å². The Morgan fingerprint density at radius 1 is 1.10 bits per heavy atom. The monoisotopic (exact) mass is 421 g/mol. The van der Waals surface area contributed by atoms with E-state index in [0.29, 0.717) is 10.2 Å². The SMILES string of the molecule is Cc1ccc(SCC(=O)Nn2cnc3sc(C)c(-c4ccccc4)c3c2=O)cc1. The van der Waals surface area contributed by atoms with E-state index in [2.05, 4.69) is 10.4 Å². The van der Waals surface area contributed by atoms with Crippen LogP contribution in [-0.2, 0) is 4.79 Å². The first-order chi connectivity index (χ1) is 14.0. The van der Waals surface area contributed by atoms with Gasteiger partial charge < -0.3 is 0 Å². The second-order valence-electron chi connectivity index (χ2n) is 6.64. The first kappa shape index (κ1) is 19.4. The van der Waals surface area contributed by atoms with E-state index in [-0.39, 0.29) is 17.2 Å². The third-order valence-corrected chi connectivity index (χ3v) is 6.51. The lowest BCUT2D eigenvalue weighted by Crippen LogP contribution is -2.34. The molecule has 0 radical (unpaired) electrons. The molecule has 0 spiro atoms. The number of fused-ring (bicyclic) bond motifs is 1. The molecule has 0 unspecified atom stereocenters. The van der Waals surface area contributed by atoms with Gasteiger partial charge in [0.05, 0.1) is 11.1 Å².